The van der Waals surface area contributed by atoms with Gasteiger partial charge in [-0.05, 0) is 70.8 Å². The van der Waals surface area contributed by atoms with E-state index in [1.54, 1.807) is 0 Å². The molecule has 5 aromatic rings. The number of nitrogens with zero attached hydrogens (tertiary/aromatic N) is 2. The summed E-state index contributed by atoms with van der Waals surface area (Å²) in [6, 6.07) is 47.5. The molecule has 0 amide bonds. The van der Waals surface area contributed by atoms with Gasteiger partial charge in [0.15, 0.2) is 0 Å². The summed E-state index contributed by atoms with van der Waals surface area (Å²) in [5, 5.41) is 11.3. The lowest BCUT2D eigenvalue weighted by atomic mass is 9.84. The largest absolute Gasteiger partial charge is 0.311 e. The number of rotatable bonds is 5. The van der Waals surface area contributed by atoms with E-state index in [1.807, 2.05) is 42.5 Å². The van der Waals surface area contributed by atoms with Crippen LogP contribution in [0.25, 0.3) is 11.1 Å². The molecule has 0 aromatic heterocycles. The van der Waals surface area contributed by atoms with E-state index in [2.05, 4.69) is 119 Å². The van der Waals surface area contributed by atoms with Gasteiger partial charge >= 0.3 is 0 Å². The van der Waals surface area contributed by atoms with Gasteiger partial charge in [-0.3, -0.25) is 5.41 Å². The van der Waals surface area contributed by atoms with E-state index in [0.29, 0.717) is 11.4 Å². The molecule has 182 valence electrons. The molecule has 1 aliphatic carbocycles. The van der Waals surface area contributed by atoms with Gasteiger partial charge in [-0.2, -0.15) is 0 Å². The van der Waals surface area contributed by atoms with Crippen LogP contribution in [-0.2, 0) is 0 Å². The zero-order chi connectivity index (χ0) is 25.9. The van der Waals surface area contributed by atoms with Gasteiger partial charge in [-0.1, -0.05) is 103 Å². The highest BCUT2D eigenvalue weighted by Gasteiger charge is 2.25. The van der Waals surface area contributed by atoms with Crippen molar-refractivity contribution in [3.05, 3.63) is 161 Å². The highest BCUT2D eigenvalue weighted by Crippen LogP contribution is 2.35. The SMILES string of the molecule is N=C1C(=NS)C(c2ccccc2)=c2ccccc2=C1c1ccc(N(c2ccccc2)c2ccccc2)cc1. The maximum absolute atomic E-state index is 9.21. The molecule has 0 radical (unpaired) electrons. The van der Waals surface area contributed by atoms with Gasteiger partial charge < -0.3 is 4.90 Å². The first-order valence-corrected chi connectivity index (χ1v) is 12.9. The molecular weight excluding hydrogens is 482 g/mol. The van der Waals surface area contributed by atoms with Crippen LogP contribution in [0, 0.1) is 5.41 Å². The summed E-state index contributed by atoms with van der Waals surface area (Å²) in [6.07, 6.45) is 0. The Labute approximate surface area is 227 Å². The van der Waals surface area contributed by atoms with E-state index in [9.17, 15) is 5.41 Å². The Bertz CT molecular complexity index is 1720. The highest BCUT2D eigenvalue weighted by atomic mass is 32.1. The smallest absolute Gasteiger partial charge is 0.105 e. The standard InChI is InChI=1S/C34H25N3S/c35-33-31(29-18-10-11-19-30(29)32(34(33)36-38)24-12-4-1-5-13-24)25-20-22-28(23-21-25)37(26-14-6-2-7-15-26)27-16-8-3-9-17-27/h1-23,35,38H. The molecule has 5 aromatic carbocycles. The fraction of sp³-hybridized carbons (Fsp3) is 0. The zero-order valence-electron chi connectivity index (χ0n) is 20.6. The summed E-state index contributed by atoms with van der Waals surface area (Å²) in [7, 11) is 0. The second-order valence-corrected chi connectivity index (χ2v) is 9.24. The Balaban J connectivity index is 1.53. The number of nitrogens with one attached hydrogen (secondary N) is 1. The monoisotopic (exact) mass is 507 g/mol. The van der Waals surface area contributed by atoms with E-state index < -0.39 is 0 Å². The molecule has 0 aliphatic heterocycles. The number of anilines is 3. The third-order valence-corrected chi connectivity index (χ3v) is 6.99. The van der Waals surface area contributed by atoms with Crippen LogP contribution in [0.15, 0.2) is 144 Å². The minimum Gasteiger partial charge on any atom is -0.311 e. The van der Waals surface area contributed by atoms with E-state index in [1.165, 1.54) is 0 Å². The molecule has 38 heavy (non-hydrogen) atoms. The number of para-hydroxylation sites is 2. The highest BCUT2D eigenvalue weighted by molar-refractivity contribution is 7.79. The maximum atomic E-state index is 9.21. The fourth-order valence-electron chi connectivity index (χ4n) is 5.10. The van der Waals surface area contributed by atoms with Gasteiger partial charge in [-0.25, -0.2) is 4.40 Å². The maximum Gasteiger partial charge on any atom is 0.105 e. The van der Waals surface area contributed by atoms with Gasteiger partial charge in [0.1, 0.15) is 5.71 Å². The van der Waals surface area contributed by atoms with Crippen LogP contribution >= 0.6 is 12.8 Å². The topological polar surface area (TPSA) is 39.5 Å². The van der Waals surface area contributed by atoms with Crippen LogP contribution in [0.3, 0.4) is 0 Å². The fourth-order valence-corrected chi connectivity index (χ4v) is 5.30. The number of hydrogen-bond donors (Lipinski definition) is 2. The molecule has 3 nitrogen and oxygen atoms in total. The summed E-state index contributed by atoms with van der Waals surface area (Å²) < 4.78 is 4.31. The van der Waals surface area contributed by atoms with Crippen molar-refractivity contribution < 1.29 is 0 Å². The molecule has 0 fully saturated rings. The summed E-state index contributed by atoms with van der Waals surface area (Å²) in [5.41, 5.74) is 7.93. The number of thiol groups is 1. The predicted octanol–water partition coefficient (Wildman–Crippen LogP) is 6.87. The second-order valence-electron chi connectivity index (χ2n) is 9.04. The van der Waals surface area contributed by atoms with Crippen molar-refractivity contribution in [2.24, 2.45) is 4.40 Å². The van der Waals surface area contributed by atoms with Crippen LogP contribution in [-0.4, -0.2) is 11.4 Å². The van der Waals surface area contributed by atoms with Crippen LogP contribution in [0.1, 0.15) is 11.1 Å². The quantitative estimate of drug-likeness (QED) is 0.250. The van der Waals surface area contributed by atoms with Gasteiger partial charge in [0.25, 0.3) is 0 Å². The molecule has 0 saturated carbocycles. The van der Waals surface area contributed by atoms with Crippen LogP contribution in [0.2, 0.25) is 0 Å². The van der Waals surface area contributed by atoms with Crippen molar-refractivity contribution in [3.8, 4) is 0 Å². The average molecular weight is 508 g/mol. The van der Waals surface area contributed by atoms with Gasteiger partial charge in [0, 0.05) is 28.2 Å². The van der Waals surface area contributed by atoms with Crippen molar-refractivity contribution in [1.82, 2.24) is 0 Å². The third kappa shape index (κ3) is 4.25. The summed E-state index contributed by atoms with van der Waals surface area (Å²) in [4.78, 5) is 2.23. The van der Waals surface area contributed by atoms with Crippen LogP contribution < -0.4 is 15.3 Å². The molecule has 0 atom stereocenters. The molecule has 0 heterocycles. The minimum absolute atomic E-state index is 0.369. The third-order valence-electron chi connectivity index (χ3n) is 6.79. The van der Waals surface area contributed by atoms with Gasteiger partial charge in [-0.15, -0.1) is 0 Å². The van der Waals surface area contributed by atoms with Gasteiger partial charge in [0.2, 0.25) is 0 Å². The van der Waals surface area contributed by atoms with Crippen molar-refractivity contribution in [1.29, 1.82) is 5.41 Å². The first-order chi connectivity index (χ1) is 18.8. The molecule has 1 N–H and O–H groups in total. The molecule has 0 bridgehead atoms. The molecule has 1 aliphatic rings. The summed E-state index contributed by atoms with van der Waals surface area (Å²) >= 11 is 4.31. The van der Waals surface area contributed by atoms with E-state index in [4.69, 9.17) is 0 Å². The average Bonchev–Trinajstić information content (AvgIpc) is 2.99. The van der Waals surface area contributed by atoms with Crippen LogP contribution in [0.5, 0.6) is 0 Å². The Morgan fingerprint density at radius 1 is 0.474 bits per heavy atom. The summed E-state index contributed by atoms with van der Waals surface area (Å²) in [5.74, 6) is 0. The van der Waals surface area contributed by atoms with Crippen molar-refractivity contribution in [2.75, 3.05) is 4.90 Å². The minimum atomic E-state index is 0.369. The lowest BCUT2D eigenvalue weighted by Crippen LogP contribution is -2.41. The van der Waals surface area contributed by atoms with Crippen LogP contribution in [0.4, 0.5) is 17.1 Å². The molecule has 0 spiro atoms. The second kappa shape index (κ2) is 10.4. The first-order valence-electron chi connectivity index (χ1n) is 12.5. The number of benzene rings is 5. The lowest BCUT2D eigenvalue weighted by molar-refractivity contribution is 1.28. The predicted molar refractivity (Wildman–Crippen MR) is 162 cm³/mol. The van der Waals surface area contributed by atoms with Crippen molar-refractivity contribution in [2.45, 2.75) is 0 Å². The Morgan fingerprint density at radius 2 is 0.895 bits per heavy atom. The van der Waals surface area contributed by atoms with Gasteiger partial charge in [0.05, 0.1) is 5.71 Å². The molecule has 4 heteroatoms. The Kier molecular flexibility index (Phi) is 6.47. The molecule has 6 rings (SSSR count). The molecular formula is C34H25N3S. The molecule has 0 unspecified atom stereocenters. The normalized spacial score (nSPS) is 13.9. The van der Waals surface area contributed by atoms with E-state index >= 15 is 0 Å². The molecule has 0 saturated heterocycles. The number of fused-ring (bicyclic) bond motifs is 1. The van der Waals surface area contributed by atoms with E-state index in [0.717, 1.165) is 49.8 Å². The Hall–Kier alpha value is -4.67. The zero-order valence-corrected chi connectivity index (χ0v) is 21.5. The number of hydrogen-bond acceptors (Lipinski definition) is 4. The van der Waals surface area contributed by atoms with E-state index in [-0.39, 0.29) is 0 Å². The lowest BCUT2D eigenvalue weighted by Gasteiger charge is -2.26. The summed E-state index contributed by atoms with van der Waals surface area (Å²) in [6.45, 7) is 0. The first kappa shape index (κ1) is 23.7. The van der Waals surface area contributed by atoms with Crippen molar-refractivity contribution in [3.63, 3.8) is 0 Å². The van der Waals surface area contributed by atoms with Crippen molar-refractivity contribution >= 4 is 52.4 Å². The Morgan fingerprint density at radius 3 is 1.42 bits per heavy atom.